The third-order valence-corrected chi connectivity index (χ3v) is 6.55. The van der Waals surface area contributed by atoms with E-state index in [1.807, 2.05) is 72.5 Å². The minimum absolute atomic E-state index is 0.0262. The van der Waals surface area contributed by atoms with Crippen molar-refractivity contribution in [3.05, 3.63) is 71.8 Å². The smallest absolute Gasteiger partial charge is 0.254 e. The summed E-state index contributed by atoms with van der Waals surface area (Å²) in [6.45, 7) is 9.13. The number of benzene rings is 2. The number of aryl methyl sites for hydroxylation is 1. The van der Waals surface area contributed by atoms with Crippen molar-refractivity contribution in [1.29, 1.82) is 0 Å². The molecule has 1 aliphatic heterocycles. The van der Waals surface area contributed by atoms with E-state index in [-0.39, 0.29) is 24.3 Å². The number of carbonyl (C=O) groups is 2. The normalized spacial score (nSPS) is 13.5. The van der Waals surface area contributed by atoms with Crippen LogP contribution in [0.5, 0.6) is 5.75 Å². The number of hydrogen-bond donors (Lipinski definition) is 0. The first-order valence-electron chi connectivity index (χ1n) is 12.7. The molecule has 0 aliphatic carbocycles. The van der Waals surface area contributed by atoms with Gasteiger partial charge in [0, 0.05) is 43.9 Å². The highest BCUT2D eigenvalue weighted by atomic mass is 16.5. The molecular formula is C29H35N5O3. The minimum Gasteiger partial charge on any atom is -0.497 e. The fourth-order valence-corrected chi connectivity index (χ4v) is 4.52. The number of hydrogen-bond acceptors (Lipinski definition) is 6. The Bertz CT molecular complexity index is 1220. The zero-order valence-corrected chi connectivity index (χ0v) is 22.1. The number of piperazine rings is 1. The SMILES string of the molecule is COc1cccc(-c2ccc(N3CCN(C(=O)CN(CC(C)C)C(=O)c4ccccc4C)CC3)nn2)c1. The fraction of sp³-hybridized carbons (Fsp3) is 0.379. The van der Waals surface area contributed by atoms with Crippen molar-refractivity contribution in [2.45, 2.75) is 20.8 Å². The van der Waals surface area contributed by atoms with Gasteiger partial charge in [0.15, 0.2) is 5.82 Å². The highest BCUT2D eigenvalue weighted by molar-refractivity contribution is 5.97. The van der Waals surface area contributed by atoms with Crippen LogP contribution in [-0.2, 0) is 4.79 Å². The molecule has 194 valence electrons. The summed E-state index contributed by atoms with van der Waals surface area (Å²) in [6.07, 6.45) is 0. The summed E-state index contributed by atoms with van der Waals surface area (Å²) in [7, 11) is 1.64. The second-order valence-corrected chi connectivity index (χ2v) is 9.77. The predicted octanol–water partition coefficient (Wildman–Crippen LogP) is 3.91. The van der Waals surface area contributed by atoms with Crippen LogP contribution in [0.1, 0.15) is 29.8 Å². The molecule has 1 saturated heterocycles. The van der Waals surface area contributed by atoms with E-state index >= 15 is 0 Å². The zero-order chi connectivity index (χ0) is 26.4. The Morgan fingerprint density at radius 2 is 1.73 bits per heavy atom. The van der Waals surface area contributed by atoms with Gasteiger partial charge in [0.25, 0.3) is 5.91 Å². The number of aromatic nitrogens is 2. The van der Waals surface area contributed by atoms with Crippen molar-refractivity contribution in [3.63, 3.8) is 0 Å². The molecule has 0 spiro atoms. The summed E-state index contributed by atoms with van der Waals surface area (Å²) in [5.41, 5.74) is 3.29. The first-order chi connectivity index (χ1) is 17.9. The van der Waals surface area contributed by atoms with Gasteiger partial charge in [-0.1, -0.05) is 44.2 Å². The van der Waals surface area contributed by atoms with Crippen LogP contribution < -0.4 is 9.64 Å². The monoisotopic (exact) mass is 501 g/mol. The Morgan fingerprint density at radius 1 is 0.973 bits per heavy atom. The largest absolute Gasteiger partial charge is 0.497 e. The minimum atomic E-state index is -0.0924. The maximum absolute atomic E-state index is 13.2. The van der Waals surface area contributed by atoms with Crippen LogP contribution in [-0.4, -0.2) is 78.2 Å². The Kier molecular flexibility index (Phi) is 8.38. The molecule has 0 atom stereocenters. The van der Waals surface area contributed by atoms with Crippen LogP contribution in [0.15, 0.2) is 60.7 Å². The average molecular weight is 502 g/mol. The molecular weight excluding hydrogens is 466 g/mol. The molecule has 3 aromatic rings. The quantitative estimate of drug-likeness (QED) is 0.466. The van der Waals surface area contributed by atoms with Gasteiger partial charge in [-0.15, -0.1) is 10.2 Å². The van der Waals surface area contributed by atoms with Crippen LogP contribution in [0.3, 0.4) is 0 Å². The first kappa shape index (κ1) is 26.1. The number of amides is 2. The molecule has 8 nitrogen and oxygen atoms in total. The van der Waals surface area contributed by atoms with E-state index in [0.717, 1.165) is 28.4 Å². The fourth-order valence-electron chi connectivity index (χ4n) is 4.52. The number of anilines is 1. The van der Waals surface area contributed by atoms with Gasteiger partial charge in [-0.25, -0.2) is 0 Å². The lowest BCUT2D eigenvalue weighted by molar-refractivity contribution is -0.132. The highest BCUT2D eigenvalue weighted by Crippen LogP contribution is 2.23. The number of carbonyl (C=O) groups excluding carboxylic acids is 2. The molecule has 0 N–H and O–H groups in total. The lowest BCUT2D eigenvalue weighted by Crippen LogP contribution is -2.52. The Labute approximate surface area is 218 Å². The zero-order valence-electron chi connectivity index (χ0n) is 22.1. The van der Waals surface area contributed by atoms with E-state index < -0.39 is 0 Å². The second-order valence-electron chi connectivity index (χ2n) is 9.77. The van der Waals surface area contributed by atoms with Crippen molar-refractivity contribution < 1.29 is 14.3 Å². The molecule has 0 unspecified atom stereocenters. The number of ether oxygens (including phenoxy) is 1. The first-order valence-corrected chi connectivity index (χ1v) is 12.7. The van der Waals surface area contributed by atoms with Crippen molar-refractivity contribution in [2.75, 3.05) is 51.3 Å². The molecule has 1 aliphatic rings. The molecule has 0 bridgehead atoms. The summed E-state index contributed by atoms with van der Waals surface area (Å²) >= 11 is 0. The van der Waals surface area contributed by atoms with Gasteiger partial charge in [0.05, 0.1) is 12.8 Å². The van der Waals surface area contributed by atoms with Crippen molar-refractivity contribution in [1.82, 2.24) is 20.0 Å². The molecule has 2 heterocycles. The predicted molar refractivity (Wildman–Crippen MR) is 145 cm³/mol. The van der Waals surface area contributed by atoms with Crippen LogP contribution >= 0.6 is 0 Å². The third-order valence-electron chi connectivity index (χ3n) is 6.55. The van der Waals surface area contributed by atoms with E-state index in [1.165, 1.54) is 0 Å². The summed E-state index contributed by atoms with van der Waals surface area (Å²) in [4.78, 5) is 32.1. The highest BCUT2D eigenvalue weighted by Gasteiger charge is 2.26. The molecule has 4 rings (SSSR count). The van der Waals surface area contributed by atoms with Crippen LogP contribution in [0, 0.1) is 12.8 Å². The lowest BCUT2D eigenvalue weighted by Gasteiger charge is -2.36. The van der Waals surface area contributed by atoms with E-state index in [9.17, 15) is 9.59 Å². The molecule has 8 heteroatoms. The number of methoxy groups -OCH3 is 1. The van der Waals surface area contributed by atoms with E-state index in [1.54, 1.807) is 12.0 Å². The van der Waals surface area contributed by atoms with Gasteiger partial charge in [0.2, 0.25) is 5.91 Å². The third kappa shape index (κ3) is 6.44. The van der Waals surface area contributed by atoms with Crippen LogP contribution in [0.25, 0.3) is 11.3 Å². The van der Waals surface area contributed by atoms with Gasteiger partial charge in [0.1, 0.15) is 12.3 Å². The molecule has 0 saturated carbocycles. The summed E-state index contributed by atoms with van der Waals surface area (Å²) in [6, 6.07) is 19.2. The average Bonchev–Trinajstić information content (AvgIpc) is 2.92. The topological polar surface area (TPSA) is 78.9 Å². The number of nitrogens with zero attached hydrogens (tertiary/aromatic N) is 5. The van der Waals surface area contributed by atoms with Gasteiger partial charge in [-0.2, -0.15) is 0 Å². The van der Waals surface area contributed by atoms with E-state index in [2.05, 4.69) is 28.9 Å². The van der Waals surface area contributed by atoms with Gasteiger partial charge < -0.3 is 19.4 Å². The Hall–Kier alpha value is -3.94. The summed E-state index contributed by atoms with van der Waals surface area (Å²) in [5, 5.41) is 8.83. The second kappa shape index (κ2) is 11.9. The number of rotatable bonds is 8. The standard InChI is InChI=1S/C29H35N5O3/c1-21(2)19-34(29(36)25-11-6-5-8-22(25)3)20-28(35)33-16-14-32(15-17-33)27-13-12-26(30-31-27)23-9-7-10-24(18-23)37-4/h5-13,18,21H,14-17,19-20H2,1-4H3. The summed E-state index contributed by atoms with van der Waals surface area (Å²) < 4.78 is 5.30. The van der Waals surface area contributed by atoms with Crippen LogP contribution in [0.4, 0.5) is 5.82 Å². The molecule has 0 radical (unpaired) electrons. The van der Waals surface area contributed by atoms with Gasteiger partial charge >= 0.3 is 0 Å². The lowest BCUT2D eigenvalue weighted by atomic mass is 10.1. The van der Waals surface area contributed by atoms with Crippen molar-refractivity contribution in [2.24, 2.45) is 5.92 Å². The van der Waals surface area contributed by atoms with Gasteiger partial charge in [-0.3, -0.25) is 9.59 Å². The van der Waals surface area contributed by atoms with E-state index in [4.69, 9.17) is 4.74 Å². The molecule has 1 fully saturated rings. The molecule has 2 amide bonds. The Balaban J connectivity index is 1.36. The molecule has 37 heavy (non-hydrogen) atoms. The van der Waals surface area contributed by atoms with Crippen molar-refractivity contribution in [3.8, 4) is 17.0 Å². The van der Waals surface area contributed by atoms with E-state index in [0.29, 0.717) is 38.3 Å². The maximum atomic E-state index is 13.2. The Morgan fingerprint density at radius 3 is 2.38 bits per heavy atom. The molecule has 1 aromatic heterocycles. The van der Waals surface area contributed by atoms with Gasteiger partial charge in [-0.05, 0) is 48.7 Å². The van der Waals surface area contributed by atoms with Crippen molar-refractivity contribution >= 4 is 17.6 Å². The van der Waals surface area contributed by atoms with Crippen LogP contribution in [0.2, 0.25) is 0 Å². The molecule has 2 aromatic carbocycles. The maximum Gasteiger partial charge on any atom is 0.254 e. The summed E-state index contributed by atoms with van der Waals surface area (Å²) in [5.74, 6) is 1.70.